The van der Waals surface area contributed by atoms with E-state index >= 15 is 0 Å². The summed E-state index contributed by atoms with van der Waals surface area (Å²) in [5.41, 5.74) is 0.547. The zero-order chi connectivity index (χ0) is 17.0. The van der Waals surface area contributed by atoms with E-state index in [9.17, 15) is 9.59 Å². The quantitative estimate of drug-likeness (QED) is 0.467. The zero-order valence-corrected chi connectivity index (χ0v) is 14.2. The number of benzene rings is 1. The van der Waals surface area contributed by atoms with Crippen molar-refractivity contribution in [3.8, 4) is 0 Å². The van der Waals surface area contributed by atoms with Crippen LogP contribution in [0.5, 0.6) is 0 Å². The molecule has 0 heterocycles. The smallest absolute Gasteiger partial charge is 0.323 e. The van der Waals surface area contributed by atoms with E-state index in [0.717, 1.165) is 11.1 Å². The van der Waals surface area contributed by atoms with Gasteiger partial charge in [-0.05, 0) is 49.9 Å². The molecule has 0 aliphatic heterocycles. The first-order valence-electron chi connectivity index (χ1n) is 7.73. The fourth-order valence-electron chi connectivity index (χ4n) is 3.11. The molecule has 1 aliphatic carbocycles. The third kappa shape index (κ3) is 3.27. The van der Waals surface area contributed by atoms with Gasteiger partial charge in [0.15, 0.2) is 5.41 Å². The van der Waals surface area contributed by atoms with Crippen molar-refractivity contribution in [2.75, 3.05) is 13.2 Å². The molecule has 0 radical (unpaired) electrons. The molecule has 0 bridgehead atoms. The standard InChI is InChI=1S/C18H21ClO4/c1-4-12-10-18(16(20)22-5-2,17(21)23-6-3)11-13-9-14(19)7-8-15(12)13/h4,7-9,12H,1,5-6,10-11H2,2-3H3. The van der Waals surface area contributed by atoms with Gasteiger partial charge in [-0.25, -0.2) is 0 Å². The Bertz CT molecular complexity index is 605. The van der Waals surface area contributed by atoms with Gasteiger partial charge in [0.1, 0.15) is 0 Å². The lowest BCUT2D eigenvalue weighted by molar-refractivity contribution is -0.173. The monoisotopic (exact) mass is 336 g/mol. The second-order valence-electron chi connectivity index (χ2n) is 5.59. The predicted molar refractivity (Wildman–Crippen MR) is 88.4 cm³/mol. The predicted octanol–water partition coefficient (Wildman–Crippen LogP) is 3.67. The lowest BCUT2D eigenvalue weighted by Crippen LogP contribution is -2.47. The Morgan fingerprint density at radius 2 is 1.91 bits per heavy atom. The lowest BCUT2D eigenvalue weighted by atomic mass is 9.67. The second-order valence-corrected chi connectivity index (χ2v) is 6.03. The summed E-state index contributed by atoms with van der Waals surface area (Å²) in [7, 11) is 0. The number of hydrogen-bond acceptors (Lipinski definition) is 4. The second kappa shape index (κ2) is 7.18. The average molecular weight is 337 g/mol. The molecule has 0 saturated carbocycles. The molecule has 1 aromatic rings. The maximum absolute atomic E-state index is 12.6. The van der Waals surface area contributed by atoms with Gasteiger partial charge in [0, 0.05) is 10.9 Å². The van der Waals surface area contributed by atoms with E-state index in [1.807, 2.05) is 6.07 Å². The Morgan fingerprint density at radius 3 is 2.43 bits per heavy atom. The Hall–Kier alpha value is -1.81. The molecule has 0 amide bonds. The van der Waals surface area contributed by atoms with Gasteiger partial charge in [0.2, 0.25) is 0 Å². The van der Waals surface area contributed by atoms with E-state index in [1.165, 1.54) is 0 Å². The average Bonchev–Trinajstić information content (AvgIpc) is 2.53. The molecule has 124 valence electrons. The molecule has 23 heavy (non-hydrogen) atoms. The maximum atomic E-state index is 12.6. The molecule has 1 unspecified atom stereocenters. The summed E-state index contributed by atoms with van der Waals surface area (Å²) in [6, 6.07) is 5.52. The summed E-state index contributed by atoms with van der Waals surface area (Å²) in [5, 5.41) is 0.565. The number of ether oxygens (including phenoxy) is 2. The molecule has 0 saturated heterocycles. The molecule has 0 spiro atoms. The third-order valence-electron chi connectivity index (χ3n) is 4.18. The van der Waals surface area contributed by atoms with Crippen molar-refractivity contribution in [2.45, 2.75) is 32.6 Å². The molecule has 1 aliphatic rings. The number of rotatable bonds is 5. The minimum atomic E-state index is -1.34. The van der Waals surface area contributed by atoms with E-state index in [2.05, 4.69) is 6.58 Å². The molecule has 1 atom stereocenters. The van der Waals surface area contributed by atoms with Crippen molar-refractivity contribution in [1.29, 1.82) is 0 Å². The number of halogens is 1. The molecular formula is C18H21ClO4. The van der Waals surface area contributed by atoms with Gasteiger partial charge < -0.3 is 9.47 Å². The minimum absolute atomic E-state index is 0.134. The number of fused-ring (bicyclic) bond motifs is 1. The van der Waals surface area contributed by atoms with Crippen LogP contribution in [0.2, 0.25) is 5.02 Å². The van der Waals surface area contributed by atoms with Gasteiger partial charge in [-0.2, -0.15) is 0 Å². The van der Waals surface area contributed by atoms with Crippen LogP contribution in [0.1, 0.15) is 37.3 Å². The third-order valence-corrected chi connectivity index (χ3v) is 4.42. The number of hydrogen-bond donors (Lipinski definition) is 0. The van der Waals surface area contributed by atoms with Crippen LogP contribution in [0.25, 0.3) is 0 Å². The van der Waals surface area contributed by atoms with Crippen LogP contribution in [0.4, 0.5) is 0 Å². The fourth-order valence-corrected chi connectivity index (χ4v) is 3.31. The molecule has 4 nitrogen and oxygen atoms in total. The highest BCUT2D eigenvalue weighted by molar-refractivity contribution is 6.30. The summed E-state index contributed by atoms with van der Waals surface area (Å²) in [6.07, 6.45) is 2.27. The Balaban J connectivity index is 2.53. The van der Waals surface area contributed by atoms with Crippen LogP contribution < -0.4 is 0 Å². The number of esters is 2. The molecular weight excluding hydrogens is 316 g/mol. The first kappa shape index (κ1) is 17.5. The summed E-state index contributed by atoms with van der Waals surface area (Å²) < 4.78 is 10.4. The summed E-state index contributed by atoms with van der Waals surface area (Å²) in [6.45, 7) is 7.70. The normalized spacial score (nSPS) is 18.7. The van der Waals surface area contributed by atoms with Crippen LogP contribution in [0.3, 0.4) is 0 Å². The van der Waals surface area contributed by atoms with E-state index in [1.54, 1.807) is 32.1 Å². The Kier molecular flexibility index (Phi) is 5.47. The highest BCUT2D eigenvalue weighted by Gasteiger charge is 2.52. The summed E-state index contributed by atoms with van der Waals surface area (Å²) >= 11 is 6.08. The van der Waals surface area contributed by atoms with Gasteiger partial charge in [-0.1, -0.05) is 23.7 Å². The Morgan fingerprint density at radius 1 is 1.30 bits per heavy atom. The first-order chi connectivity index (χ1) is 11.0. The van der Waals surface area contributed by atoms with Crippen LogP contribution in [0, 0.1) is 5.41 Å². The SMILES string of the molecule is C=CC1CC(C(=O)OCC)(C(=O)OCC)Cc2cc(Cl)ccc21. The molecule has 0 fully saturated rings. The van der Waals surface area contributed by atoms with Crippen molar-refractivity contribution < 1.29 is 19.1 Å². The number of carbonyl (C=O) groups is 2. The number of allylic oxidation sites excluding steroid dienone is 1. The molecule has 5 heteroatoms. The summed E-state index contributed by atoms with van der Waals surface area (Å²) in [5.74, 6) is -1.23. The van der Waals surface area contributed by atoms with Crippen LogP contribution in [-0.4, -0.2) is 25.2 Å². The summed E-state index contributed by atoms with van der Waals surface area (Å²) in [4.78, 5) is 25.2. The van der Waals surface area contributed by atoms with E-state index < -0.39 is 17.4 Å². The van der Waals surface area contributed by atoms with E-state index in [0.29, 0.717) is 11.4 Å². The lowest BCUT2D eigenvalue weighted by Gasteiger charge is -2.37. The highest BCUT2D eigenvalue weighted by atomic mass is 35.5. The molecule has 2 rings (SSSR count). The van der Waals surface area contributed by atoms with E-state index in [-0.39, 0.29) is 25.6 Å². The fraction of sp³-hybridized carbons (Fsp3) is 0.444. The topological polar surface area (TPSA) is 52.6 Å². The van der Waals surface area contributed by atoms with Crippen molar-refractivity contribution in [3.63, 3.8) is 0 Å². The van der Waals surface area contributed by atoms with Crippen molar-refractivity contribution >= 4 is 23.5 Å². The Labute approximate surface area is 141 Å². The van der Waals surface area contributed by atoms with Crippen molar-refractivity contribution in [3.05, 3.63) is 47.0 Å². The highest BCUT2D eigenvalue weighted by Crippen LogP contribution is 2.45. The minimum Gasteiger partial charge on any atom is -0.465 e. The first-order valence-corrected chi connectivity index (χ1v) is 8.11. The largest absolute Gasteiger partial charge is 0.465 e. The molecule has 1 aromatic carbocycles. The van der Waals surface area contributed by atoms with Crippen LogP contribution in [0.15, 0.2) is 30.9 Å². The van der Waals surface area contributed by atoms with Gasteiger partial charge in [-0.15, -0.1) is 6.58 Å². The maximum Gasteiger partial charge on any atom is 0.323 e. The molecule has 0 aromatic heterocycles. The van der Waals surface area contributed by atoms with Gasteiger partial charge in [-0.3, -0.25) is 9.59 Å². The van der Waals surface area contributed by atoms with Crippen LogP contribution >= 0.6 is 11.6 Å². The van der Waals surface area contributed by atoms with Gasteiger partial charge in [0.25, 0.3) is 0 Å². The van der Waals surface area contributed by atoms with Gasteiger partial charge in [0.05, 0.1) is 13.2 Å². The molecule has 0 N–H and O–H groups in total. The van der Waals surface area contributed by atoms with Gasteiger partial charge >= 0.3 is 11.9 Å². The number of carbonyl (C=O) groups excluding carboxylic acids is 2. The zero-order valence-electron chi connectivity index (χ0n) is 13.4. The van der Waals surface area contributed by atoms with E-state index in [4.69, 9.17) is 21.1 Å². The van der Waals surface area contributed by atoms with Crippen molar-refractivity contribution in [1.82, 2.24) is 0 Å². The van der Waals surface area contributed by atoms with Crippen LogP contribution in [-0.2, 0) is 25.5 Å². The van der Waals surface area contributed by atoms with Crippen molar-refractivity contribution in [2.24, 2.45) is 5.41 Å².